The van der Waals surface area contributed by atoms with Crippen LogP contribution in [0.15, 0.2) is 0 Å². The third-order valence-electron chi connectivity index (χ3n) is 3.71. The molecule has 1 amide bonds. The Labute approximate surface area is 140 Å². The molecule has 132 valence electrons. The van der Waals surface area contributed by atoms with Gasteiger partial charge in [0.1, 0.15) is 5.54 Å². The van der Waals surface area contributed by atoms with Crippen molar-refractivity contribution in [1.29, 1.82) is 0 Å². The summed E-state index contributed by atoms with van der Waals surface area (Å²) < 4.78 is 24.8. The average Bonchev–Trinajstić information content (AvgIpc) is 2.59. The summed E-state index contributed by atoms with van der Waals surface area (Å²) in [6.45, 7) is 4.33. The third kappa shape index (κ3) is 8.92. The van der Waals surface area contributed by atoms with E-state index in [4.69, 9.17) is 0 Å². The van der Waals surface area contributed by atoms with Crippen molar-refractivity contribution in [2.24, 2.45) is 0 Å². The molecule has 6 nitrogen and oxygen atoms in total. The van der Waals surface area contributed by atoms with Gasteiger partial charge in [0.25, 0.3) is 0 Å². The SMILES string of the molecule is CC(C)(NS(C)(=O)=O)C(=O)NCCNC1CCCCCC1.Cl. The molecule has 3 N–H and O–H groups in total. The molecular weight excluding hydrogens is 326 g/mol. The van der Waals surface area contributed by atoms with Gasteiger partial charge in [-0.1, -0.05) is 25.7 Å². The monoisotopic (exact) mass is 355 g/mol. The van der Waals surface area contributed by atoms with E-state index in [-0.39, 0.29) is 18.3 Å². The summed E-state index contributed by atoms with van der Waals surface area (Å²) in [5.41, 5.74) is -1.13. The molecule has 0 radical (unpaired) electrons. The van der Waals surface area contributed by atoms with E-state index in [0.717, 1.165) is 6.26 Å². The zero-order chi connectivity index (χ0) is 15.9. The molecule has 0 aromatic heterocycles. The number of sulfonamides is 1. The lowest BCUT2D eigenvalue weighted by Crippen LogP contribution is -2.55. The molecule has 0 unspecified atom stereocenters. The van der Waals surface area contributed by atoms with Gasteiger partial charge in [0, 0.05) is 19.1 Å². The van der Waals surface area contributed by atoms with Gasteiger partial charge in [0.2, 0.25) is 15.9 Å². The molecule has 22 heavy (non-hydrogen) atoms. The summed E-state index contributed by atoms with van der Waals surface area (Å²) in [6.07, 6.45) is 8.64. The summed E-state index contributed by atoms with van der Waals surface area (Å²) in [5, 5.41) is 6.24. The van der Waals surface area contributed by atoms with E-state index in [0.29, 0.717) is 19.1 Å². The van der Waals surface area contributed by atoms with E-state index in [1.807, 2.05) is 0 Å². The predicted octanol–water partition coefficient (Wildman–Crippen LogP) is 1.16. The van der Waals surface area contributed by atoms with Gasteiger partial charge in [-0.3, -0.25) is 4.79 Å². The second-order valence-electron chi connectivity index (χ2n) is 6.40. The van der Waals surface area contributed by atoms with E-state index in [9.17, 15) is 13.2 Å². The maximum atomic E-state index is 12.0. The van der Waals surface area contributed by atoms with E-state index >= 15 is 0 Å². The van der Waals surface area contributed by atoms with Crippen LogP contribution in [0.5, 0.6) is 0 Å². The van der Waals surface area contributed by atoms with Gasteiger partial charge in [-0.2, -0.15) is 0 Å². The zero-order valence-corrected chi connectivity index (χ0v) is 15.4. The number of amides is 1. The third-order valence-corrected chi connectivity index (χ3v) is 4.59. The molecule has 0 bridgehead atoms. The molecule has 1 aliphatic carbocycles. The Hall–Kier alpha value is -0.370. The molecular formula is C14H30ClN3O3S. The quantitative estimate of drug-likeness (QED) is 0.472. The van der Waals surface area contributed by atoms with Crippen LogP contribution in [0.3, 0.4) is 0 Å². The lowest BCUT2D eigenvalue weighted by molar-refractivity contribution is -0.125. The Morgan fingerprint density at radius 3 is 2.14 bits per heavy atom. The molecule has 0 atom stereocenters. The minimum atomic E-state index is -3.41. The lowest BCUT2D eigenvalue weighted by Gasteiger charge is -2.24. The maximum Gasteiger partial charge on any atom is 0.240 e. The van der Waals surface area contributed by atoms with Crippen LogP contribution in [0.4, 0.5) is 0 Å². The van der Waals surface area contributed by atoms with Gasteiger partial charge in [-0.25, -0.2) is 13.1 Å². The first kappa shape index (κ1) is 21.6. The van der Waals surface area contributed by atoms with Crippen molar-refractivity contribution >= 4 is 28.3 Å². The summed E-state index contributed by atoms with van der Waals surface area (Å²) in [7, 11) is -3.41. The minimum Gasteiger partial charge on any atom is -0.353 e. The number of carbonyl (C=O) groups excluding carboxylic acids is 1. The normalized spacial score (nSPS) is 17.4. The van der Waals surface area contributed by atoms with Gasteiger partial charge >= 0.3 is 0 Å². The maximum absolute atomic E-state index is 12.0. The standard InChI is InChI=1S/C14H29N3O3S.ClH/c1-14(2,17-21(3,19)20)13(18)16-11-10-15-12-8-6-4-5-7-9-12;/h12,15,17H,4-11H2,1-3H3,(H,16,18);1H. The number of carbonyl (C=O) groups is 1. The second kappa shape index (κ2) is 9.70. The van der Waals surface area contributed by atoms with Crippen molar-refractivity contribution in [1.82, 2.24) is 15.4 Å². The summed E-state index contributed by atoms with van der Waals surface area (Å²) in [5.74, 6) is -0.310. The van der Waals surface area contributed by atoms with Crippen molar-refractivity contribution in [2.45, 2.75) is 64.0 Å². The Kier molecular flexibility index (Phi) is 9.54. The topological polar surface area (TPSA) is 87.3 Å². The number of hydrogen-bond donors (Lipinski definition) is 3. The van der Waals surface area contributed by atoms with Crippen LogP contribution in [-0.2, 0) is 14.8 Å². The Morgan fingerprint density at radius 2 is 1.64 bits per heavy atom. The van der Waals surface area contributed by atoms with Crippen LogP contribution in [0.25, 0.3) is 0 Å². The van der Waals surface area contributed by atoms with Crippen molar-refractivity contribution < 1.29 is 13.2 Å². The first-order chi connectivity index (χ1) is 9.71. The molecule has 0 aromatic carbocycles. The van der Waals surface area contributed by atoms with E-state index in [1.165, 1.54) is 38.5 Å². The predicted molar refractivity (Wildman–Crippen MR) is 91.8 cm³/mol. The Balaban J connectivity index is 0.00000441. The molecule has 1 fully saturated rings. The second-order valence-corrected chi connectivity index (χ2v) is 8.15. The van der Waals surface area contributed by atoms with Crippen LogP contribution >= 0.6 is 12.4 Å². The number of nitrogens with one attached hydrogen (secondary N) is 3. The Bertz CT molecular complexity index is 433. The zero-order valence-electron chi connectivity index (χ0n) is 13.8. The fourth-order valence-electron chi connectivity index (χ4n) is 2.67. The van der Waals surface area contributed by atoms with E-state index in [2.05, 4.69) is 15.4 Å². The van der Waals surface area contributed by atoms with E-state index in [1.54, 1.807) is 13.8 Å². The van der Waals surface area contributed by atoms with Gasteiger partial charge in [0.15, 0.2) is 0 Å². The highest BCUT2D eigenvalue weighted by atomic mass is 35.5. The first-order valence-corrected chi connectivity index (χ1v) is 9.60. The van der Waals surface area contributed by atoms with Gasteiger partial charge in [-0.05, 0) is 26.7 Å². The van der Waals surface area contributed by atoms with Crippen LogP contribution in [-0.4, -0.2) is 45.3 Å². The summed E-state index contributed by atoms with van der Waals surface area (Å²) in [4.78, 5) is 12.0. The smallest absolute Gasteiger partial charge is 0.240 e. The van der Waals surface area contributed by atoms with Crippen molar-refractivity contribution in [3.63, 3.8) is 0 Å². The highest BCUT2D eigenvalue weighted by Crippen LogP contribution is 2.16. The van der Waals surface area contributed by atoms with E-state index < -0.39 is 15.6 Å². The van der Waals surface area contributed by atoms with Crippen LogP contribution < -0.4 is 15.4 Å². The largest absolute Gasteiger partial charge is 0.353 e. The van der Waals surface area contributed by atoms with Crippen molar-refractivity contribution in [2.75, 3.05) is 19.3 Å². The molecule has 0 aliphatic heterocycles. The average molecular weight is 356 g/mol. The lowest BCUT2D eigenvalue weighted by atomic mass is 10.1. The van der Waals surface area contributed by atoms with Crippen LogP contribution in [0.1, 0.15) is 52.4 Å². The van der Waals surface area contributed by atoms with Gasteiger partial charge < -0.3 is 10.6 Å². The van der Waals surface area contributed by atoms with Crippen molar-refractivity contribution in [3.8, 4) is 0 Å². The fourth-order valence-corrected chi connectivity index (χ4v) is 3.69. The highest BCUT2D eigenvalue weighted by molar-refractivity contribution is 7.88. The summed E-state index contributed by atoms with van der Waals surface area (Å²) >= 11 is 0. The molecule has 1 rings (SSSR count). The number of halogens is 1. The molecule has 0 heterocycles. The molecule has 1 saturated carbocycles. The Morgan fingerprint density at radius 1 is 1.09 bits per heavy atom. The van der Waals surface area contributed by atoms with Gasteiger partial charge in [-0.15, -0.1) is 12.4 Å². The molecule has 0 saturated heterocycles. The van der Waals surface area contributed by atoms with Crippen LogP contribution in [0, 0.1) is 0 Å². The minimum absolute atomic E-state index is 0. The number of hydrogen-bond acceptors (Lipinski definition) is 4. The fraction of sp³-hybridized carbons (Fsp3) is 0.929. The first-order valence-electron chi connectivity index (χ1n) is 7.71. The molecule has 8 heteroatoms. The molecule has 0 aromatic rings. The van der Waals surface area contributed by atoms with Gasteiger partial charge in [0.05, 0.1) is 6.26 Å². The summed E-state index contributed by atoms with van der Waals surface area (Å²) in [6, 6.07) is 0.548. The number of rotatable bonds is 7. The van der Waals surface area contributed by atoms with Crippen LogP contribution in [0.2, 0.25) is 0 Å². The molecule has 0 spiro atoms. The highest BCUT2D eigenvalue weighted by Gasteiger charge is 2.30. The molecule has 1 aliphatic rings. The van der Waals surface area contributed by atoms with Crippen molar-refractivity contribution in [3.05, 3.63) is 0 Å².